The van der Waals surface area contributed by atoms with E-state index in [-0.39, 0.29) is 17.4 Å². The summed E-state index contributed by atoms with van der Waals surface area (Å²) in [7, 11) is 0. The van der Waals surface area contributed by atoms with Gasteiger partial charge in [-0.25, -0.2) is 4.39 Å². The maximum atomic E-state index is 13.6. The minimum absolute atomic E-state index is 0.235. The van der Waals surface area contributed by atoms with Gasteiger partial charge in [0.2, 0.25) is 0 Å². The first-order valence-corrected chi connectivity index (χ1v) is 7.11. The number of benzene rings is 1. The van der Waals surface area contributed by atoms with Crippen LogP contribution in [0.1, 0.15) is 10.4 Å². The van der Waals surface area contributed by atoms with Crippen molar-refractivity contribution in [3.05, 3.63) is 50.4 Å². The van der Waals surface area contributed by atoms with Gasteiger partial charge in [0.1, 0.15) is 6.61 Å². The molecule has 0 aliphatic carbocycles. The molecule has 0 fully saturated rings. The van der Waals surface area contributed by atoms with Gasteiger partial charge in [0.25, 0.3) is 0 Å². The van der Waals surface area contributed by atoms with Gasteiger partial charge in [0.15, 0.2) is 11.6 Å². The lowest BCUT2D eigenvalue weighted by molar-refractivity contribution is 0.290. The predicted octanol–water partition coefficient (Wildman–Crippen LogP) is 4.97. The average Bonchev–Trinajstić information content (AvgIpc) is 2.73. The van der Waals surface area contributed by atoms with Crippen molar-refractivity contribution in [1.29, 1.82) is 0 Å². The lowest BCUT2D eigenvalue weighted by Crippen LogP contribution is -1.99. The molecule has 1 heterocycles. The Morgan fingerprint density at radius 3 is 2.82 bits per heavy atom. The molecule has 2 rings (SSSR count). The number of rotatable bonds is 4. The molecule has 1 aromatic heterocycles. The zero-order valence-corrected chi connectivity index (χ0v) is 11.9. The van der Waals surface area contributed by atoms with Crippen LogP contribution < -0.4 is 4.74 Å². The summed E-state index contributed by atoms with van der Waals surface area (Å²) in [6.07, 6.45) is 0. The van der Waals surface area contributed by atoms with Crippen LogP contribution in [-0.2, 0) is 12.5 Å². The SMILES string of the molecule is Fc1cccc(CCl)c1OCc1sccc1Br. The fourth-order valence-electron chi connectivity index (χ4n) is 1.39. The van der Waals surface area contributed by atoms with Gasteiger partial charge in [0, 0.05) is 10.0 Å². The minimum Gasteiger partial charge on any atom is -0.485 e. The van der Waals surface area contributed by atoms with Gasteiger partial charge in [0.05, 0.1) is 10.8 Å². The van der Waals surface area contributed by atoms with Crippen molar-refractivity contribution in [1.82, 2.24) is 0 Å². The summed E-state index contributed by atoms with van der Waals surface area (Å²) in [6.45, 7) is 0.336. The summed E-state index contributed by atoms with van der Waals surface area (Å²) >= 11 is 10.7. The summed E-state index contributed by atoms with van der Waals surface area (Å²) < 4.78 is 20.1. The third-order valence-electron chi connectivity index (χ3n) is 2.23. The largest absolute Gasteiger partial charge is 0.485 e. The highest BCUT2D eigenvalue weighted by Crippen LogP contribution is 2.28. The van der Waals surface area contributed by atoms with E-state index in [1.165, 1.54) is 6.07 Å². The standard InChI is InChI=1S/C12H9BrClFOS/c13-9-4-5-17-11(9)7-16-12-8(6-14)2-1-3-10(12)15/h1-5H,6-7H2. The normalized spacial score (nSPS) is 10.5. The van der Waals surface area contributed by atoms with Crippen molar-refractivity contribution in [3.8, 4) is 5.75 Å². The van der Waals surface area contributed by atoms with Crippen LogP contribution >= 0.6 is 38.9 Å². The second-order valence-electron chi connectivity index (χ2n) is 3.34. The molecule has 17 heavy (non-hydrogen) atoms. The van der Waals surface area contributed by atoms with Gasteiger partial charge in [-0.2, -0.15) is 0 Å². The van der Waals surface area contributed by atoms with Gasteiger partial charge in [-0.15, -0.1) is 22.9 Å². The molecule has 1 nitrogen and oxygen atoms in total. The summed E-state index contributed by atoms with van der Waals surface area (Å²) in [5, 5.41) is 1.95. The van der Waals surface area contributed by atoms with Crippen molar-refractivity contribution < 1.29 is 9.13 Å². The Balaban J connectivity index is 2.16. The highest BCUT2D eigenvalue weighted by Gasteiger charge is 2.10. The quantitative estimate of drug-likeness (QED) is 0.717. The van der Waals surface area contributed by atoms with Crippen molar-refractivity contribution in [2.75, 3.05) is 0 Å². The Kier molecular flexibility index (Phi) is 4.42. The van der Waals surface area contributed by atoms with Crippen molar-refractivity contribution in [2.24, 2.45) is 0 Å². The number of hydrogen-bond donors (Lipinski definition) is 0. The van der Waals surface area contributed by atoms with Crippen molar-refractivity contribution >= 4 is 38.9 Å². The second kappa shape index (κ2) is 5.85. The number of para-hydroxylation sites is 1. The maximum Gasteiger partial charge on any atom is 0.165 e. The van der Waals surface area contributed by atoms with Crippen LogP contribution in [0.2, 0.25) is 0 Å². The molecule has 0 aliphatic heterocycles. The Labute approximate surface area is 116 Å². The van der Waals surface area contributed by atoms with Gasteiger partial charge in [-0.1, -0.05) is 12.1 Å². The molecule has 90 valence electrons. The summed E-state index contributed by atoms with van der Waals surface area (Å²) in [6, 6.07) is 6.69. The van der Waals surface area contributed by atoms with E-state index >= 15 is 0 Å². The number of ether oxygens (including phenoxy) is 1. The predicted molar refractivity (Wildman–Crippen MR) is 72.3 cm³/mol. The fourth-order valence-corrected chi connectivity index (χ4v) is 2.97. The van der Waals surface area contributed by atoms with E-state index in [1.807, 2.05) is 11.4 Å². The molecule has 0 amide bonds. The van der Waals surface area contributed by atoms with Crippen LogP contribution in [0.3, 0.4) is 0 Å². The Morgan fingerprint density at radius 1 is 1.35 bits per heavy atom. The average molecular weight is 336 g/mol. The van der Waals surface area contributed by atoms with E-state index in [1.54, 1.807) is 23.5 Å². The molecule has 0 unspecified atom stereocenters. The molecule has 0 saturated carbocycles. The zero-order chi connectivity index (χ0) is 12.3. The smallest absolute Gasteiger partial charge is 0.165 e. The van der Waals surface area contributed by atoms with Crippen LogP contribution in [0.4, 0.5) is 4.39 Å². The Hall–Kier alpha value is -0.580. The monoisotopic (exact) mass is 334 g/mol. The second-order valence-corrected chi connectivity index (χ2v) is 5.46. The fraction of sp³-hybridized carbons (Fsp3) is 0.167. The van der Waals surface area contributed by atoms with E-state index < -0.39 is 0 Å². The van der Waals surface area contributed by atoms with Crippen LogP contribution in [0, 0.1) is 5.82 Å². The third-order valence-corrected chi connectivity index (χ3v) is 4.42. The first-order valence-electron chi connectivity index (χ1n) is 4.90. The van der Waals surface area contributed by atoms with Gasteiger partial charge in [-0.3, -0.25) is 0 Å². The van der Waals surface area contributed by atoms with Gasteiger partial charge < -0.3 is 4.74 Å². The molecular formula is C12H9BrClFOS. The number of thiophene rings is 1. The molecule has 0 aliphatic rings. The highest BCUT2D eigenvalue weighted by molar-refractivity contribution is 9.10. The maximum absolute atomic E-state index is 13.6. The van der Waals surface area contributed by atoms with E-state index in [0.29, 0.717) is 12.2 Å². The van der Waals surface area contributed by atoms with Crippen molar-refractivity contribution in [3.63, 3.8) is 0 Å². The minimum atomic E-state index is -0.379. The zero-order valence-electron chi connectivity index (χ0n) is 8.75. The van der Waals surface area contributed by atoms with Crippen LogP contribution in [0.5, 0.6) is 5.75 Å². The topological polar surface area (TPSA) is 9.23 Å². The van der Waals surface area contributed by atoms with Gasteiger partial charge >= 0.3 is 0 Å². The number of alkyl halides is 1. The first kappa shape index (κ1) is 12.9. The Morgan fingerprint density at radius 2 is 2.18 bits per heavy atom. The van der Waals surface area contributed by atoms with Crippen molar-refractivity contribution in [2.45, 2.75) is 12.5 Å². The van der Waals surface area contributed by atoms with Crippen LogP contribution in [0.25, 0.3) is 0 Å². The Bertz CT molecular complexity index is 515. The molecule has 0 spiro atoms. The highest BCUT2D eigenvalue weighted by atomic mass is 79.9. The summed E-state index contributed by atoms with van der Waals surface area (Å²) in [5.41, 5.74) is 0.666. The van der Waals surface area contributed by atoms with E-state index in [4.69, 9.17) is 16.3 Å². The number of hydrogen-bond acceptors (Lipinski definition) is 2. The van der Waals surface area contributed by atoms with E-state index in [0.717, 1.165) is 9.35 Å². The molecule has 5 heteroatoms. The van der Waals surface area contributed by atoms with Gasteiger partial charge in [-0.05, 0) is 33.4 Å². The first-order chi connectivity index (χ1) is 8.22. The molecule has 1 aromatic carbocycles. The molecule has 2 aromatic rings. The van der Waals surface area contributed by atoms with E-state index in [9.17, 15) is 4.39 Å². The molecule has 0 bridgehead atoms. The van der Waals surface area contributed by atoms with Crippen LogP contribution in [0.15, 0.2) is 34.1 Å². The third kappa shape index (κ3) is 3.00. The number of halogens is 3. The lowest BCUT2D eigenvalue weighted by Gasteiger charge is -2.10. The molecule has 0 saturated heterocycles. The summed E-state index contributed by atoms with van der Waals surface area (Å²) in [4.78, 5) is 1.02. The van der Waals surface area contributed by atoms with Crippen LogP contribution in [-0.4, -0.2) is 0 Å². The molecule has 0 atom stereocenters. The summed E-state index contributed by atoms with van der Waals surface area (Å²) in [5.74, 6) is 0.0947. The molecular weight excluding hydrogens is 327 g/mol. The lowest BCUT2D eigenvalue weighted by atomic mass is 10.2. The van der Waals surface area contributed by atoms with E-state index in [2.05, 4.69) is 15.9 Å². The molecule has 0 radical (unpaired) electrons. The molecule has 0 N–H and O–H groups in total.